The van der Waals surface area contributed by atoms with E-state index in [1.54, 1.807) is 36.5 Å². The Bertz CT molecular complexity index is 1490. The highest BCUT2D eigenvalue weighted by Gasteiger charge is 2.34. The zero-order valence-corrected chi connectivity index (χ0v) is 28.4. The lowest BCUT2D eigenvalue weighted by Gasteiger charge is -2.40. The number of hydrogen-bond acceptors (Lipinski definition) is 7. The number of carboxylic acids is 1. The summed E-state index contributed by atoms with van der Waals surface area (Å²) in [4.78, 5) is 19.8. The molecule has 2 aliphatic heterocycles. The quantitative estimate of drug-likeness (QED) is 0.194. The van der Waals surface area contributed by atoms with Crippen LogP contribution in [0.3, 0.4) is 0 Å². The van der Waals surface area contributed by atoms with Crippen LogP contribution in [-0.4, -0.2) is 46.8 Å². The normalized spacial score (nSPS) is 15.1. The number of benzene rings is 3. The first-order chi connectivity index (χ1) is 21.7. The van der Waals surface area contributed by atoms with E-state index in [1.807, 2.05) is 45.9 Å². The molecule has 3 aromatic carbocycles. The van der Waals surface area contributed by atoms with Crippen LogP contribution in [0.25, 0.3) is 0 Å². The molecule has 0 amide bonds. The predicted octanol–water partition coefficient (Wildman–Crippen LogP) is 9.02. The number of rotatable bonds is 8. The van der Waals surface area contributed by atoms with Gasteiger partial charge in [-0.25, -0.2) is 9.78 Å². The SMILES string of the molecule is CC.CC.CC1CN(CC2Nc3ccc(C(=O)O)cc3N2Cc2cnco2)C1.Cc1cccc(COc2ccc(Cl)cc2Cl)c1. The Balaban J connectivity index is 0.000000232. The van der Waals surface area contributed by atoms with Crippen LogP contribution >= 0.6 is 23.2 Å². The van der Waals surface area contributed by atoms with Crippen LogP contribution in [0.1, 0.15) is 61.9 Å². The summed E-state index contributed by atoms with van der Waals surface area (Å²) in [6.45, 7) is 16.4. The van der Waals surface area contributed by atoms with Gasteiger partial charge in [0.25, 0.3) is 0 Å². The molecular formula is C35H44Cl2N4O4. The van der Waals surface area contributed by atoms with E-state index < -0.39 is 5.97 Å². The Hall–Kier alpha value is -3.72. The highest BCUT2D eigenvalue weighted by molar-refractivity contribution is 6.35. The lowest BCUT2D eigenvalue weighted by Crippen LogP contribution is -2.53. The smallest absolute Gasteiger partial charge is 0.335 e. The molecule has 10 heteroatoms. The summed E-state index contributed by atoms with van der Waals surface area (Å²) in [5.41, 5.74) is 4.48. The number of carbonyl (C=O) groups is 1. The Morgan fingerprint density at radius 1 is 1.07 bits per heavy atom. The lowest BCUT2D eigenvalue weighted by molar-refractivity contribution is 0.0697. The van der Waals surface area contributed by atoms with Gasteiger partial charge in [-0.3, -0.25) is 4.90 Å². The highest BCUT2D eigenvalue weighted by Crippen LogP contribution is 2.37. The summed E-state index contributed by atoms with van der Waals surface area (Å²) in [5.74, 6) is 1.23. The van der Waals surface area contributed by atoms with Gasteiger partial charge in [-0.1, -0.05) is 87.6 Å². The summed E-state index contributed by atoms with van der Waals surface area (Å²) in [5, 5.41) is 13.9. The van der Waals surface area contributed by atoms with Crippen molar-refractivity contribution in [1.29, 1.82) is 0 Å². The molecule has 1 saturated heterocycles. The maximum Gasteiger partial charge on any atom is 0.335 e. The molecule has 0 aliphatic carbocycles. The molecule has 2 aliphatic rings. The number of nitrogens with zero attached hydrogens (tertiary/aromatic N) is 3. The minimum Gasteiger partial charge on any atom is -0.487 e. The van der Waals surface area contributed by atoms with Crippen LogP contribution in [0.15, 0.2) is 77.7 Å². The van der Waals surface area contributed by atoms with Crippen LogP contribution < -0.4 is 15.0 Å². The lowest BCUT2D eigenvalue weighted by atomic mass is 10.0. The zero-order valence-electron chi connectivity index (χ0n) is 26.9. The Kier molecular flexibility index (Phi) is 14.1. The minimum absolute atomic E-state index is 0.0849. The number of carboxylic acid groups (broad SMARTS) is 1. The van der Waals surface area contributed by atoms with Gasteiger partial charge in [-0.05, 0) is 54.8 Å². The van der Waals surface area contributed by atoms with Gasteiger partial charge in [0.1, 0.15) is 24.3 Å². The van der Waals surface area contributed by atoms with Crippen molar-refractivity contribution in [3.63, 3.8) is 0 Å². The maximum absolute atomic E-state index is 11.3. The van der Waals surface area contributed by atoms with Crippen molar-refractivity contribution < 1.29 is 19.1 Å². The fourth-order valence-electron chi connectivity index (χ4n) is 5.05. The average Bonchev–Trinajstić information content (AvgIpc) is 3.66. The van der Waals surface area contributed by atoms with Crippen molar-refractivity contribution in [2.45, 2.75) is 60.9 Å². The summed E-state index contributed by atoms with van der Waals surface area (Å²) < 4.78 is 11.0. The molecule has 1 unspecified atom stereocenters. The van der Waals surface area contributed by atoms with Crippen molar-refractivity contribution in [2.24, 2.45) is 5.92 Å². The van der Waals surface area contributed by atoms with Crippen molar-refractivity contribution in [3.8, 4) is 5.75 Å². The maximum atomic E-state index is 11.3. The number of aromatic carboxylic acids is 1. The molecule has 1 atom stereocenters. The van der Waals surface area contributed by atoms with Crippen LogP contribution in [0.5, 0.6) is 5.75 Å². The molecule has 0 bridgehead atoms. The molecule has 8 nitrogen and oxygen atoms in total. The minimum atomic E-state index is -0.919. The van der Waals surface area contributed by atoms with Gasteiger partial charge in [-0.15, -0.1) is 0 Å². The van der Waals surface area contributed by atoms with E-state index in [-0.39, 0.29) is 11.7 Å². The topological polar surface area (TPSA) is 91.1 Å². The molecule has 242 valence electrons. The van der Waals surface area contributed by atoms with Gasteiger partial charge in [0.05, 0.1) is 34.7 Å². The molecule has 0 radical (unpaired) electrons. The van der Waals surface area contributed by atoms with Gasteiger partial charge >= 0.3 is 5.97 Å². The number of anilines is 2. The second kappa shape index (κ2) is 17.7. The second-order valence-electron chi connectivity index (χ2n) is 10.5. The van der Waals surface area contributed by atoms with Gasteiger partial charge in [0, 0.05) is 24.7 Å². The fraction of sp³-hybridized carbons (Fsp3) is 0.371. The average molecular weight is 656 g/mol. The third-order valence-electron chi connectivity index (χ3n) is 7.00. The highest BCUT2D eigenvalue weighted by atomic mass is 35.5. The van der Waals surface area contributed by atoms with E-state index in [4.69, 9.17) is 32.4 Å². The third-order valence-corrected chi connectivity index (χ3v) is 7.53. The Labute approximate surface area is 276 Å². The molecule has 0 spiro atoms. The molecule has 0 saturated carbocycles. The number of halogens is 2. The number of aryl methyl sites for hydroxylation is 1. The molecule has 4 aromatic rings. The first kappa shape index (κ1) is 35.8. The number of aromatic nitrogens is 1. The molecule has 2 N–H and O–H groups in total. The summed E-state index contributed by atoms with van der Waals surface area (Å²) in [7, 11) is 0. The Morgan fingerprint density at radius 3 is 2.44 bits per heavy atom. The second-order valence-corrected chi connectivity index (χ2v) is 11.3. The van der Waals surface area contributed by atoms with Gasteiger partial charge in [-0.2, -0.15) is 0 Å². The van der Waals surface area contributed by atoms with E-state index in [0.29, 0.717) is 28.9 Å². The number of hydrogen-bond donors (Lipinski definition) is 2. The first-order valence-corrected chi connectivity index (χ1v) is 16.1. The molecule has 1 aromatic heterocycles. The first-order valence-electron chi connectivity index (χ1n) is 15.4. The van der Waals surface area contributed by atoms with Gasteiger partial charge in [0.2, 0.25) is 0 Å². The Morgan fingerprint density at radius 2 is 1.82 bits per heavy atom. The number of likely N-dealkylation sites (tertiary alicyclic amines) is 1. The van der Waals surface area contributed by atoms with Gasteiger partial charge < -0.3 is 24.5 Å². The molecule has 1 fully saturated rings. The molecule has 45 heavy (non-hydrogen) atoms. The van der Waals surface area contributed by atoms with E-state index in [1.165, 1.54) is 12.0 Å². The van der Waals surface area contributed by atoms with Crippen molar-refractivity contribution >= 4 is 40.5 Å². The third kappa shape index (κ3) is 10.1. The number of nitrogens with one attached hydrogen (secondary N) is 1. The summed E-state index contributed by atoms with van der Waals surface area (Å²) in [6, 6.07) is 18.6. The number of ether oxygens (including phenoxy) is 1. The molecule has 6 rings (SSSR count). The number of oxazole rings is 1. The number of fused-ring (bicyclic) bond motifs is 1. The van der Waals surface area contributed by atoms with Crippen LogP contribution in [0.4, 0.5) is 11.4 Å². The van der Waals surface area contributed by atoms with E-state index in [9.17, 15) is 9.90 Å². The van der Waals surface area contributed by atoms with Crippen LogP contribution in [0.2, 0.25) is 10.0 Å². The standard InChI is InChI=1S/C17H20N4O3.C14H12Cl2O.2C2H6/c1-11-6-20(7-11)9-16-19-14-3-2-12(17(22)23)4-15(14)21(16)8-13-5-18-10-24-13;1-10-3-2-4-11(7-10)9-17-14-6-5-12(15)8-13(14)16;2*1-2/h2-5,10-11,16,19H,6-9H2,1H3,(H,22,23);2-8H,9H2,1H3;2*1-2H3. The summed E-state index contributed by atoms with van der Waals surface area (Å²) in [6.07, 6.45) is 3.20. The van der Waals surface area contributed by atoms with Crippen molar-refractivity contribution in [3.05, 3.63) is 106 Å². The van der Waals surface area contributed by atoms with Crippen molar-refractivity contribution in [1.82, 2.24) is 9.88 Å². The van der Waals surface area contributed by atoms with Crippen LogP contribution in [-0.2, 0) is 13.2 Å². The summed E-state index contributed by atoms with van der Waals surface area (Å²) >= 11 is 11.8. The van der Waals surface area contributed by atoms with Gasteiger partial charge in [0.15, 0.2) is 6.39 Å². The van der Waals surface area contributed by atoms with E-state index >= 15 is 0 Å². The fourth-order valence-corrected chi connectivity index (χ4v) is 5.52. The largest absolute Gasteiger partial charge is 0.487 e. The monoisotopic (exact) mass is 654 g/mol. The zero-order chi connectivity index (χ0) is 32.9. The molecule has 3 heterocycles. The predicted molar refractivity (Wildman–Crippen MR) is 184 cm³/mol. The van der Waals surface area contributed by atoms with Crippen molar-refractivity contribution in [2.75, 3.05) is 29.9 Å². The van der Waals surface area contributed by atoms with E-state index in [0.717, 1.165) is 48.3 Å². The van der Waals surface area contributed by atoms with Crippen LogP contribution in [0, 0.1) is 12.8 Å². The van der Waals surface area contributed by atoms with E-state index in [2.05, 4.69) is 46.1 Å². The molecular weight excluding hydrogens is 611 g/mol.